The Morgan fingerprint density at radius 3 is 2.65 bits per heavy atom. The first-order chi connectivity index (χ1) is 12.3. The number of thiophene rings is 1. The highest BCUT2D eigenvalue weighted by atomic mass is 32.1. The number of pyridine rings is 1. The fraction of sp³-hybridized carbons (Fsp3) is 0.312. The zero-order valence-electron chi connectivity index (χ0n) is 13.5. The molecular formula is C16H16F3N3O3S. The van der Waals surface area contributed by atoms with Gasteiger partial charge < -0.3 is 15.4 Å². The van der Waals surface area contributed by atoms with Crippen molar-refractivity contribution in [1.29, 1.82) is 0 Å². The molecule has 2 N–H and O–H groups in total. The van der Waals surface area contributed by atoms with E-state index in [0.717, 1.165) is 0 Å². The number of carbonyl (C=O) groups is 2. The number of halogens is 3. The molecule has 0 aromatic carbocycles. The molecule has 0 unspecified atom stereocenters. The lowest BCUT2D eigenvalue weighted by atomic mass is 10.3. The lowest BCUT2D eigenvalue weighted by Gasteiger charge is -2.09. The number of rotatable bonds is 8. The summed E-state index contributed by atoms with van der Waals surface area (Å²) >= 11 is 1.33. The van der Waals surface area contributed by atoms with Crippen molar-refractivity contribution in [2.24, 2.45) is 0 Å². The van der Waals surface area contributed by atoms with Gasteiger partial charge in [-0.3, -0.25) is 9.59 Å². The van der Waals surface area contributed by atoms with Crippen molar-refractivity contribution in [2.45, 2.75) is 19.0 Å². The van der Waals surface area contributed by atoms with Crippen molar-refractivity contribution >= 4 is 28.8 Å². The topological polar surface area (TPSA) is 80.3 Å². The standard InChI is InChI=1S/C16H16F3N3O3S/c17-16(18,19)10-25-14-6-5-11(9-21-14)22-13(23)4-1-7-20-15(24)12-3-2-8-26-12/h2-3,5-6,8-9H,1,4,7,10H2,(H,20,24)(H,22,23). The van der Waals surface area contributed by atoms with Crippen molar-refractivity contribution in [2.75, 3.05) is 18.5 Å². The van der Waals surface area contributed by atoms with Crippen LogP contribution in [0.5, 0.6) is 5.88 Å². The second kappa shape index (κ2) is 9.18. The van der Waals surface area contributed by atoms with Gasteiger partial charge in [0.25, 0.3) is 5.91 Å². The molecule has 0 aliphatic carbocycles. The Balaban J connectivity index is 1.66. The minimum absolute atomic E-state index is 0.178. The molecule has 2 amide bonds. The predicted octanol–water partition coefficient (Wildman–Crippen LogP) is 3.23. The molecule has 0 fully saturated rings. The highest BCUT2D eigenvalue weighted by molar-refractivity contribution is 7.12. The van der Waals surface area contributed by atoms with Gasteiger partial charge >= 0.3 is 6.18 Å². The molecule has 0 bridgehead atoms. The van der Waals surface area contributed by atoms with E-state index in [0.29, 0.717) is 23.5 Å². The van der Waals surface area contributed by atoms with Gasteiger partial charge in [0.1, 0.15) is 0 Å². The summed E-state index contributed by atoms with van der Waals surface area (Å²) < 4.78 is 40.6. The van der Waals surface area contributed by atoms with Crippen LogP contribution in [0.2, 0.25) is 0 Å². The summed E-state index contributed by atoms with van der Waals surface area (Å²) in [5.74, 6) is -0.656. The van der Waals surface area contributed by atoms with Crippen LogP contribution in [0.1, 0.15) is 22.5 Å². The summed E-state index contributed by atoms with van der Waals surface area (Å²) in [5.41, 5.74) is 0.344. The maximum absolute atomic E-state index is 12.0. The molecule has 2 aromatic heterocycles. The number of hydrogen-bond acceptors (Lipinski definition) is 5. The predicted molar refractivity (Wildman–Crippen MR) is 90.3 cm³/mol. The van der Waals surface area contributed by atoms with E-state index < -0.39 is 12.8 Å². The second-order valence-electron chi connectivity index (χ2n) is 5.17. The number of nitrogens with zero attached hydrogens (tertiary/aromatic N) is 1. The Kier molecular flexibility index (Phi) is 6.96. The first-order valence-corrected chi connectivity index (χ1v) is 8.48. The number of ether oxygens (including phenoxy) is 1. The van der Waals surface area contributed by atoms with Crippen LogP contribution in [0.4, 0.5) is 18.9 Å². The van der Waals surface area contributed by atoms with Crippen molar-refractivity contribution in [3.8, 4) is 5.88 Å². The third-order valence-electron chi connectivity index (χ3n) is 3.01. The number of nitrogens with one attached hydrogen (secondary N) is 2. The van der Waals surface area contributed by atoms with Crippen LogP contribution in [-0.4, -0.2) is 36.1 Å². The van der Waals surface area contributed by atoms with E-state index in [-0.39, 0.29) is 24.1 Å². The molecule has 0 radical (unpaired) electrons. The summed E-state index contributed by atoms with van der Waals surface area (Å²) in [7, 11) is 0. The lowest BCUT2D eigenvalue weighted by molar-refractivity contribution is -0.154. The zero-order chi connectivity index (χ0) is 19.0. The first-order valence-electron chi connectivity index (χ1n) is 7.60. The van der Waals surface area contributed by atoms with Crippen LogP contribution in [0.25, 0.3) is 0 Å². The third kappa shape index (κ3) is 7.09. The molecule has 2 heterocycles. The Morgan fingerprint density at radius 1 is 1.23 bits per heavy atom. The van der Waals surface area contributed by atoms with E-state index in [2.05, 4.69) is 20.4 Å². The van der Waals surface area contributed by atoms with E-state index in [1.54, 1.807) is 17.5 Å². The molecule has 0 aliphatic rings. The van der Waals surface area contributed by atoms with E-state index in [1.807, 2.05) is 0 Å². The normalized spacial score (nSPS) is 11.0. The number of aromatic nitrogens is 1. The molecule has 0 saturated heterocycles. The van der Waals surface area contributed by atoms with Crippen molar-refractivity contribution in [3.63, 3.8) is 0 Å². The van der Waals surface area contributed by atoms with Gasteiger partial charge in [-0.1, -0.05) is 6.07 Å². The minimum atomic E-state index is -4.44. The summed E-state index contributed by atoms with van der Waals surface area (Å²) in [6, 6.07) is 6.13. The van der Waals surface area contributed by atoms with E-state index >= 15 is 0 Å². The molecule has 2 rings (SSSR count). The van der Waals surface area contributed by atoms with Gasteiger partial charge in [0.05, 0.1) is 16.8 Å². The minimum Gasteiger partial charge on any atom is -0.468 e. The van der Waals surface area contributed by atoms with Crippen molar-refractivity contribution in [3.05, 3.63) is 40.7 Å². The highest BCUT2D eigenvalue weighted by Gasteiger charge is 2.28. The van der Waals surface area contributed by atoms with Crippen LogP contribution in [-0.2, 0) is 4.79 Å². The third-order valence-corrected chi connectivity index (χ3v) is 3.88. The van der Waals surface area contributed by atoms with Gasteiger partial charge in [-0.05, 0) is 23.9 Å². The summed E-state index contributed by atoms with van der Waals surface area (Å²) in [5, 5.41) is 7.08. The SMILES string of the molecule is O=C(CCCNC(=O)c1cccs1)Nc1ccc(OCC(F)(F)F)nc1. The van der Waals surface area contributed by atoms with Crippen LogP contribution in [0, 0.1) is 0 Å². The lowest BCUT2D eigenvalue weighted by Crippen LogP contribution is -2.24. The summed E-state index contributed by atoms with van der Waals surface area (Å²) in [6.45, 7) is -1.07. The second-order valence-corrected chi connectivity index (χ2v) is 6.12. The average molecular weight is 387 g/mol. The van der Waals surface area contributed by atoms with Crippen molar-refractivity contribution in [1.82, 2.24) is 10.3 Å². The maximum Gasteiger partial charge on any atom is 0.422 e. The van der Waals surface area contributed by atoms with Gasteiger partial charge in [-0.15, -0.1) is 11.3 Å². The molecule has 0 atom stereocenters. The van der Waals surface area contributed by atoms with Gasteiger partial charge in [0, 0.05) is 19.0 Å². The largest absolute Gasteiger partial charge is 0.468 e. The number of hydrogen-bond donors (Lipinski definition) is 2. The fourth-order valence-electron chi connectivity index (χ4n) is 1.86. The Morgan fingerprint density at radius 2 is 2.04 bits per heavy atom. The molecule has 0 saturated carbocycles. The van der Waals surface area contributed by atoms with Crippen LogP contribution in [0.3, 0.4) is 0 Å². The maximum atomic E-state index is 12.0. The smallest absolute Gasteiger partial charge is 0.422 e. The Labute approximate surface area is 151 Å². The van der Waals surface area contributed by atoms with Gasteiger partial charge in [-0.25, -0.2) is 4.98 Å². The van der Waals surface area contributed by atoms with Crippen LogP contribution < -0.4 is 15.4 Å². The van der Waals surface area contributed by atoms with E-state index in [4.69, 9.17) is 0 Å². The molecule has 0 spiro atoms. The zero-order valence-corrected chi connectivity index (χ0v) is 14.3. The van der Waals surface area contributed by atoms with E-state index in [9.17, 15) is 22.8 Å². The summed E-state index contributed by atoms with van der Waals surface area (Å²) in [6.07, 6.45) is -2.60. The Hall–Kier alpha value is -2.62. The number of anilines is 1. The van der Waals surface area contributed by atoms with Crippen LogP contribution >= 0.6 is 11.3 Å². The molecule has 2 aromatic rings. The van der Waals surface area contributed by atoms with E-state index in [1.165, 1.54) is 29.7 Å². The molecule has 10 heteroatoms. The van der Waals surface area contributed by atoms with Gasteiger partial charge in [-0.2, -0.15) is 13.2 Å². The quantitative estimate of drug-likeness (QED) is 0.682. The number of alkyl halides is 3. The summed E-state index contributed by atoms with van der Waals surface area (Å²) in [4.78, 5) is 27.8. The van der Waals surface area contributed by atoms with Gasteiger partial charge in [0.2, 0.25) is 11.8 Å². The Bertz CT molecular complexity index is 719. The first kappa shape index (κ1) is 19.7. The number of carbonyl (C=O) groups excluding carboxylic acids is 2. The highest BCUT2D eigenvalue weighted by Crippen LogP contribution is 2.18. The molecule has 0 aliphatic heterocycles. The van der Waals surface area contributed by atoms with Crippen molar-refractivity contribution < 1.29 is 27.5 Å². The fourth-order valence-corrected chi connectivity index (χ4v) is 2.50. The van der Waals surface area contributed by atoms with Gasteiger partial charge in [0.15, 0.2) is 6.61 Å². The average Bonchev–Trinajstić information content (AvgIpc) is 3.12. The van der Waals surface area contributed by atoms with Crippen LogP contribution in [0.15, 0.2) is 35.8 Å². The molecular weight excluding hydrogens is 371 g/mol. The monoisotopic (exact) mass is 387 g/mol. The molecule has 140 valence electrons. The molecule has 26 heavy (non-hydrogen) atoms. The number of amides is 2. The molecule has 6 nitrogen and oxygen atoms in total.